The van der Waals surface area contributed by atoms with Crippen molar-refractivity contribution in [3.05, 3.63) is 35.9 Å². The van der Waals surface area contributed by atoms with Crippen molar-refractivity contribution in [2.45, 2.75) is 129 Å². The fourth-order valence-electron chi connectivity index (χ4n) is 8.74. The molecule has 5 amide bonds. The van der Waals surface area contributed by atoms with Crippen molar-refractivity contribution >= 4 is 29.5 Å². The quantitative estimate of drug-likeness (QED) is 0.247. The molecule has 47 heavy (non-hydrogen) atoms. The van der Waals surface area contributed by atoms with Gasteiger partial charge in [0.1, 0.15) is 12.1 Å². The van der Waals surface area contributed by atoms with Crippen LogP contribution < -0.4 is 21.7 Å². The van der Waals surface area contributed by atoms with Crippen molar-refractivity contribution in [2.75, 3.05) is 6.54 Å². The van der Waals surface area contributed by atoms with Crippen LogP contribution in [-0.2, 0) is 19.2 Å². The van der Waals surface area contributed by atoms with Crippen LogP contribution in [0.5, 0.6) is 0 Å². The van der Waals surface area contributed by atoms with Gasteiger partial charge in [0.15, 0.2) is 0 Å². The summed E-state index contributed by atoms with van der Waals surface area (Å²) < 4.78 is 0. The number of rotatable bonds is 12. The van der Waals surface area contributed by atoms with Gasteiger partial charge in [-0.3, -0.25) is 19.2 Å². The molecule has 0 bridgehead atoms. The number of fused-ring (bicyclic) bond motifs is 1. The van der Waals surface area contributed by atoms with E-state index in [1.54, 1.807) is 4.90 Å². The summed E-state index contributed by atoms with van der Waals surface area (Å²) in [5, 5.41) is 9.27. The molecule has 10 nitrogen and oxygen atoms in total. The van der Waals surface area contributed by atoms with Gasteiger partial charge in [0.25, 0.3) is 5.91 Å². The van der Waals surface area contributed by atoms with Crippen LogP contribution in [0, 0.1) is 28.6 Å². The van der Waals surface area contributed by atoms with Gasteiger partial charge in [0, 0.05) is 18.0 Å². The molecule has 1 heterocycles. The van der Waals surface area contributed by atoms with Crippen molar-refractivity contribution in [1.29, 1.82) is 0 Å². The molecule has 2 unspecified atom stereocenters. The van der Waals surface area contributed by atoms with Crippen LogP contribution in [0.1, 0.15) is 111 Å². The van der Waals surface area contributed by atoms with Crippen molar-refractivity contribution in [2.24, 2.45) is 34.3 Å². The molecule has 0 aromatic heterocycles. The number of amides is 5. The second-order valence-corrected chi connectivity index (χ2v) is 16.3. The van der Waals surface area contributed by atoms with Gasteiger partial charge in [-0.25, -0.2) is 4.79 Å². The minimum Gasteiger partial charge on any atom is -0.363 e. The number of urea groups is 1. The molecule has 5 N–H and O–H groups in total. The molecule has 4 fully saturated rings. The number of hydrogen-bond donors (Lipinski definition) is 4. The third kappa shape index (κ3) is 7.21. The largest absolute Gasteiger partial charge is 0.363 e. The van der Waals surface area contributed by atoms with Crippen LogP contribution >= 0.6 is 0 Å². The number of nitrogens with one attached hydrogen (secondary N) is 3. The Morgan fingerprint density at radius 2 is 1.62 bits per heavy atom. The van der Waals surface area contributed by atoms with Crippen LogP contribution in [0.3, 0.4) is 0 Å². The zero-order chi connectivity index (χ0) is 34.3. The predicted molar refractivity (Wildman–Crippen MR) is 180 cm³/mol. The van der Waals surface area contributed by atoms with E-state index >= 15 is 0 Å². The van der Waals surface area contributed by atoms with Gasteiger partial charge in [-0.2, -0.15) is 0 Å². The molecule has 258 valence electrons. The summed E-state index contributed by atoms with van der Waals surface area (Å²) in [6.07, 6.45) is 8.01. The molecule has 10 heteroatoms. The first-order valence-electron chi connectivity index (χ1n) is 17.7. The first-order chi connectivity index (χ1) is 22.1. The van der Waals surface area contributed by atoms with E-state index in [1.165, 1.54) is 5.56 Å². The standard InChI is InChI=1S/C37H55N5O5/c1-7-24(23-14-10-8-11-15-23)37(18-12-9-13-19-37)41-34(47)40-30(35(2,3)4)33(46)42-21-25-27(36(25,5)6)28(42)32(45)39-26(20-22-16-17-22)29(43)31(38)44/h8,10-11,14-15,22,24-28,30H,7,9,12-13,16-21H2,1-6H3,(H2,38,44)(H,39,45)(H2,40,41,47)/t24?,25-,26?,27-,28-,30+/m0/s1. The topological polar surface area (TPSA) is 151 Å². The van der Waals surface area contributed by atoms with Crippen LogP contribution in [0.15, 0.2) is 30.3 Å². The Kier molecular flexibility index (Phi) is 9.82. The molecule has 0 radical (unpaired) electrons. The molecule has 4 aliphatic rings. The van der Waals surface area contributed by atoms with Crippen molar-refractivity contribution in [3.63, 3.8) is 0 Å². The summed E-state index contributed by atoms with van der Waals surface area (Å²) in [6.45, 7) is 12.5. The second kappa shape index (κ2) is 13.2. The lowest BCUT2D eigenvalue weighted by Gasteiger charge is -2.45. The zero-order valence-electron chi connectivity index (χ0n) is 29.1. The number of primary amides is 1. The highest BCUT2D eigenvalue weighted by Gasteiger charge is 2.70. The maximum atomic E-state index is 14.5. The molecule has 1 saturated heterocycles. The van der Waals surface area contributed by atoms with E-state index in [9.17, 15) is 24.0 Å². The monoisotopic (exact) mass is 649 g/mol. The predicted octanol–water partition coefficient (Wildman–Crippen LogP) is 4.42. The van der Waals surface area contributed by atoms with Gasteiger partial charge in [-0.15, -0.1) is 0 Å². The minimum atomic E-state index is -1.07. The van der Waals surface area contributed by atoms with Crippen LogP contribution in [-0.4, -0.2) is 64.6 Å². The summed E-state index contributed by atoms with van der Waals surface area (Å²) in [5.74, 6) is -2.21. The Labute approximate surface area is 279 Å². The second-order valence-electron chi connectivity index (χ2n) is 16.3. The van der Waals surface area contributed by atoms with E-state index in [1.807, 2.05) is 39.0 Å². The number of nitrogens with zero attached hydrogens (tertiary/aromatic N) is 1. The smallest absolute Gasteiger partial charge is 0.315 e. The van der Waals surface area contributed by atoms with E-state index in [0.717, 1.165) is 51.4 Å². The van der Waals surface area contributed by atoms with Crippen LogP contribution in [0.4, 0.5) is 4.79 Å². The van der Waals surface area contributed by atoms with Gasteiger partial charge in [0.2, 0.25) is 17.6 Å². The van der Waals surface area contributed by atoms with Gasteiger partial charge in [0.05, 0.1) is 6.04 Å². The first kappa shape index (κ1) is 34.9. The number of nitrogens with two attached hydrogens (primary N) is 1. The van der Waals surface area contributed by atoms with E-state index in [0.29, 0.717) is 13.0 Å². The Morgan fingerprint density at radius 3 is 2.17 bits per heavy atom. The Bertz CT molecular complexity index is 1360. The molecular weight excluding hydrogens is 594 g/mol. The van der Waals surface area contributed by atoms with Crippen molar-refractivity contribution < 1.29 is 24.0 Å². The Morgan fingerprint density at radius 1 is 0.979 bits per heavy atom. The van der Waals surface area contributed by atoms with Crippen molar-refractivity contribution in [1.82, 2.24) is 20.9 Å². The van der Waals surface area contributed by atoms with Gasteiger partial charge in [-0.1, -0.05) is 104 Å². The van der Waals surface area contributed by atoms with Crippen LogP contribution in [0.2, 0.25) is 0 Å². The fourth-order valence-corrected chi connectivity index (χ4v) is 8.74. The summed E-state index contributed by atoms with van der Waals surface area (Å²) in [5.41, 5.74) is 5.29. The molecule has 1 aromatic rings. The number of piperidine rings is 1. The SMILES string of the molecule is CCC(c1ccccc1)C1(NC(=O)N[C@H](C(=O)N2C[C@H]3[C@@H]([C@H]2C(=O)NC(CC2CC2)C(=O)C(N)=O)C3(C)C)C(C)(C)C)CCCCC1. The highest BCUT2D eigenvalue weighted by molar-refractivity contribution is 6.37. The number of ketones is 1. The summed E-state index contributed by atoms with van der Waals surface area (Å²) in [4.78, 5) is 68.5. The lowest BCUT2D eigenvalue weighted by Crippen LogP contribution is -2.63. The zero-order valence-corrected chi connectivity index (χ0v) is 29.1. The highest BCUT2D eigenvalue weighted by Crippen LogP contribution is 2.65. The summed E-state index contributed by atoms with van der Waals surface area (Å²) in [6, 6.07) is 7.24. The van der Waals surface area contributed by atoms with E-state index in [-0.39, 0.29) is 41.0 Å². The maximum Gasteiger partial charge on any atom is 0.315 e. The maximum absolute atomic E-state index is 14.5. The van der Waals surface area contributed by atoms with E-state index in [2.05, 4.69) is 48.9 Å². The van der Waals surface area contributed by atoms with E-state index in [4.69, 9.17) is 5.73 Å². The van der Waals surface area contributed by atoms with Gasteiger partial charge < -0.3 is 26.6 Å². The third-order valence-electron chi connectivity index (χ3n) is 11.7. The van der Waals surface area contributed by atoms with Gasteiger partial charge in [-0.05, 0) is 59.8 Å². The minimum absolute atomic E-state index is 0.0900. The number of benzene rings is 1. The highest BCUT2D eigenvalue weighted by atomic mass is 16.2. The number of likely N-dealkylation sites (tertiary alicyclic amines) is 1. The molecule has 1 aromatic carbocycles. The fraction of sp³-hybridized carbons (Fsp3) is 0.703. The molecule has 1 aliphatic heterocycles. The summed E-state index contributed by atoms with van der Waals surface area (Å²) in [7, 11) is 0. The molecule has 0 spiro atoms. The Hall–Kier alpha value is -3.43. The number of carbonyl (C=O) groups is 5. The first-order valence-corrected chi connectivity index (χ1v) is 17.7. The van der Waals surface area contributed by atoms with E-state index < -0.39 is 46.7 Å². The lowest BCUT2D eigenvalue weighted by molar-refractivity contribution is -0.145. The molecule has 3 saturated carbocycles. The molecular formula is C37H55N5O5. The number of hydrogen-bond acceptors (Lipinski definition) is 5. The molecule has 3 aliphatic carbocycles. The average Bonchev–Trinajstić information content (AvgIpc) is 3.87. The summed E-state index contributed by atoms with van der Waals surface area (Å²) >= 11 is 0. The van der Waals surface area contributed by atoms with Crippen LogP contribution in [0.25, 0.3) is 0 Å². The normalized spacial score (nSPS) is 26.3. The Balaban J connectivity index is 1.36. The number of carbonyl (C=O) groups excluding carboxylic acids is 5. The number of Topliss-reactive ketones (excluding diaryl/α,β-unsaturated/α-hetero) is 1. The van der Waals surface area contributed by atoms with Gasteiger partial charge >= 0.3 is 6.03 Å². The molecule has 5 rings (SSSR count). The third-order valence-corrected chi connectivity index (χ3v) is 11.7. The molecule has 6 atom stereocenters. The van der Waals surface area contributed by atoms with Crippen molar-refractivity contribution in [3.8, 4) is 0 Å². The average molecular weight is 650 g/mol. The lowest BCUT2D eigenvalue weighted by atomic mass is 9.69.